The molecule has 90 valence electrons. The van der Waals surface area contributed by atoms with Gasteiger partial charge in [-0.25, -0.2) is 9.37 Å². The van der Waals surface area contributed by atoms with Gasteiger partial charge in [0.2, 0.25) is 0 Å². The Hall–Kier alpha value is -2.27. The Labute approximate surface area is 103 Å². The standard InChI is InChI=1S/C13H11FN4/c14-9-1-2-11-8(3-9)4-12(18-11)13-7-16-6-10(5-15)17-13/h1-4,6-7,18H,5,15H2. The maximum atomic E-state index is 13.1. The minimum Gasteiger partial charge on any atom is -0.353 e. The molecule has 3 aromatic rings. The highest BCUT2D eigenvalue weighted by Crippen LogP contribution is 2.23. The molecule has 0 spiro atoms. The number of halogens is 1. The molecule has 2 heterocycles. The summed E-state index contributed by atoms with van der Waals surface area (Å²) in [5.74, 6) is -0.255. The molecule has 0 atom stereocenters. The van der Waals surface area contributed by atoms with Crippen molar-refractivity contribution in [2.24, 2.45) is 5.73 Å². The number of hydrogen-bond acceptors (Lipinski definition) is 3. The molecule has 3 N–H and O–H groups in total. The molecule has 5 heteroatoms. The minimum atomic E-state index is -0.255. The lowest BCUT2D eigenvalue weighted by Crippen LogP contribution is -2.01. The van der Waals surface area contributed by atoms with Gasteiger partial charge in [0.1, 0.15) is 11.5 Å². The normalized spacial score (nSPS) is 11.0. The summed E-state index contributed by atoms with van der Waals surface area (Å²) in [5, 5.41) is 0.810. The summed E-state index contributed by atoms with van der Waals surface area (Å²) >= 11 is 0. The van der Waals surface area contributed by atoms with Gasteiger partial charge in [-0.05, 0) is 24.3 Å². The van der Waals surface area contributed by atoms with E-state index in [1.54, 1.807) is 18.5 Å². The van der Waals surface area contributed by atoms with E-state index in [2.05, 4.69) is 15.0 Å². The number of aromatic nitrogens is 3. The number of aromatic amines is 1. The van der Waals surface area contributed by atoms with E-state index in [0.29, 0.717) is 12.2 Å². The molecule has 0 unspecified atom stereocenters. The van der Waals surface area contributed by atoms with Crippen molar-refractivity contribution < 1.29 is 4.39 Å². The lowest BCUT2D eigenvalue weighted by molar-refractivity contribution is 0.630. The average Bonchev–Trinajstić information content (AvgIpc) is 2.81. The Balaban J connectivity index is 2.13. The van der Waals surface area contributed by atoms with Crippen molar-refractivity contribution in [1.82, 2.24) is 15.0 Å². The first kappa shape index (κ1) is 10.9. The number of nitrogens with two attached hydrogens (primary N) is 1. The predicted molar refractivity (Wildman–Crippen MR) is 67.2 cm³/mol. The Morgan fingerprint density at radius 3 is 2.94 bits per heavy atom. The van der Waals surface area contributed by atoms with Crippen molar-refractivity contribution in [2.45, 2.75) is 6.54 Å². The van der Waals surface area contributed by atoms with E-state index in [1.165, 1.54) is 12.1 Å². The quantitative estimate of drug-likeness (QED) is 0.724. The molecule has 0 saturated heterocycles. The number of nitrogens with zero attached hydrogens (tertiary/aromatic N) is 2. The van der Waals surface area contributed by atoms with Crippen LogP contribution in [0.5, 0.6) is 0 Å². The topological polar surface area (TPSA) is 67.6 Å². The van der Waals surface area contributed by atoms with Crippen molar-refractivity contribution in [2.75, 3.05) is 0 Å². The van der Waals surface area contributed by atoms with E-state index < -0.39 is 0 Å². The zero-order valence-corrected chi connectivity index (χ0v) is 9.52. The van der Waals surface area contributed by atoms with Gasteiger partial charge < -0.3 is 10.7 Å². The highest BCUT2D eigenvalue weighted by Gasteiger charge is 2.06. The van der Waals surface area contributed by atoms with Gasteiger partial charge in [0, 0.05) is 23.6 Å². The van der Waals surface area contributed by atoms with E-state index in [-0.39, 0.29) is 5.82 Å². The van der Waals surface area contributed by atoms with Gasteiger partial charge in [0.25, 0.3) is 0 Å². The number of H-pyrrole nitrogens is 1. The third-order valence-corrected chi connectivity index (χ3v) is 2.75. The summed E-state index contributed by atoms with van der Waals surface area (Å²) in [4.78, 5) is 11.6. The fraction of sp³-hybridized carbons (Fsp3) is 0.0769. The first-order chi connectivity index (χ1) is 8.76. The lowest BCUT2D eigenvalue weighted by atomic mass is 10.2. The van der Waals surface area contributed by atoms with E-state index in [9.17, 15) is 4.39 Å². The molecule has 2 aromatic heterocycles. The largest absolute Gasteiger partial charge is 0.353 e. The van der Waals surface area contributed by atoms with Crippen LogP contribution in [0.25, 0.3) is 22.3 Å². The monoisotopic (exact) mass is 242 g/mol. The molecule has 0 aliphatic heterocycles. The van der Waals surface area contributed by atoms with Gasteiger partial charge in [0.15, 0.2) is 0 Å². The van der Waals surface area contributed by atoms with Crippen LogP contribution >= 0.6 is 0 Å². The first-order valence-corrected chi connectivity index (χ1v) is 5.56. The van der Waals surface area contributed by atoms with Gasteiger partial charge in [-0.3, -0.25) is 4.98 Å². The summed E-state index contributed by atoms with van der Waals surface area (Å²) in [6, 6.07) is 6.46. The van der Waals surface area contributed by atoms with Crippen molar-refractivity contribution in [1.29, 1.82) is 0 Å². The number of nitrogens with one attached hydrogen (secondary N) is 1. The molecule has 1 aromatic carbocycles. The lowest BCUT2D eigenvalue weighted by Gasteiger charge is -1.99. The molecular formula is C13H11FN4. The van der Waals surface area contributed by atoms with Crippen LogP contribution in [0.4, 0.5) is 4.39 Å². The van der Waals surface area contributed by atoms with Crippen LogP contribution in [-0.2, 0) is 6.54 Å². The third-order valence-electron chi connectivity index (χ3n) is 2.75. The van der Waals surface area contributed by atoms with Gasteiger partial charge in [0.05, 0.1) is 17.6 Å². The Morgan fingerprint density at radius 1 is 1.22 bits per heavy atom. The zero-order valence-electron chi connectivity index (χ0n) is 9.52. The van der Waals surface area contributed by atoms with Gasteiger partial charge in [-0.2, -0.15) is 0 Å². The molecule has 0 radical (unpaired) electrons. The molecule has 4 nitrogen and oxygen atoms in total. The van der Waals surface area contributed by atoms with Crippen molar-refractivity contribution in [3.05, 3.63) is 48.2 Å². The fourth-order valence-electron chi connectivity index (χ4n) is 1.88. The smallest absolute Gasteiger partial charge is 0.123 e. The summed E-state index contributed by atoms with van der Waals surface area (Å²) in [7, 11) is 0. The van der Waals surface area contributed by atoms with Crippen LogP contribution in [0.3, 0.4) is 0 Å². The average molecular weight is 242 g/mol. The molecule has 0 saturated carbocycles. The molecule has 0 bridgehead atoms. The van der Waals surface area contributed by atoms with Gasteiger partial charge in [-0.15, -0.1) is 0 Å². The molecule has 0 amide bonds. The summed E-state index contributed by atoms with van der Waals surface area (Å²) in [6.07, 6.45) is 3.28. The number of hydrogen-bond donors (Lipinski definition) is 2. The highest BCUT2D eigenvalue weighted by molar-refractivity contribution is 5.85. The molecule has 0 fully saturated rings. The second-order valence-electron chi connectivity index (χ2n) is 4.01. The molecule has 0 aliphatic rings. The molecule has 18 heavy (non-hydrogen) atoms. The SMILES string of the molecule is NCc1cncc(-c2cc3cc(F)ccc3[nH]2)n1. The number of fused-ring (bicyclic) bond motifs is 1. The van der Waals surface area contributed by atoms with Crippen LogP contribution in [0.1, 0.15) is 5.69 Å². The molecule has 0 aliphatic carbocycles. The maximum Gasteiger partial charge on any atom is 0.123 e. The van der Waals surface area contributed by atoms with Gasteiger partial charge >= 0.3 is 0 Å². The Kier molecular flexibility index (Phi) is 2.53. The van der Waals surface area contributed by atoms with Crippen molar-refractivity contribution >= 4 is 10.9 Å². The Bertz CT molecular complexity index is 705. The van der Waals surface area contributed by atoms with Crippen LogP contribution < -0.4 is 5.73 Å². The van der Waals surface area contributed by atoms with Gasteiger partial charge in [-0.1, -0.05) is 0 Å². The maximum absolute atomic E-state index is 13.1. The van der Waals surface area contributed by atoms with Crippen LogP contribution in [-0.4, -0.2) is 15.0 Å². The second kappa shape index (κ2) is 4.19. The summed E-state index contributed by atoms with van der Waals surface area (Å²) in [5.41, 5.74) is 8.62. The van der Waals surface area contributed by atoms with Crippen molar-refractivity contribution in [3.8, 4) is 11.4 Å². The first-order valence-electron chi connectivity index (χ1n) is 5.56. The third kappa shape index (κ3) is 1.84. The van der Waals surface area contributed by atoms with E-state index >= 15 is 0 Å². The minimum absolute atomic E-state index is 0.255. The van der Waals surface area contributed by atoms with Crippen LogP contribution in [0.15, 0.2) is 36.7 Å². The van der Waals surface area contributed by atoms with E-state index in [1.807, 2.05) is 6.07 Å². The zero-order chi connectivity index (χ0) is 12.5. The van der Waals surface area contributed by atoms with Crippen LogP contribution in [0, 0.1) is 5.82 Å². The highest BCUT2D eigenvalue weighted by atomic mass is 19.1. The molecular weight excluding hydrogens is 231 g/mol. The molecule has 3 rings (SSSR count). The number of benzene rings is 1. The van der Waals surface area contributed by atoms with Crippen LogP contribution in [0.2, 0.25) is 0 Å². The predicted octanol–water partition coefficient (Wildman–Crippen LogP) is 2.22. The summed E-state index contributed by atoms with van der Waals surface area (Å²) < 4.78 is 13.1. The van der Waals surface area contributed by atoms with E-state index in [0.717, 1.165) is 22.3 Å². The van der Waals surface area contributed by atoms with Crippen molar-refractivity contribution in [3.63, 3.8) is 0 Å². The number of rotatable bonds is 2. The fourth-order valence-corrected chi connectivity index (χ4v) is 1.88. The summed E-state index contributed by atoms with van der Waals surface area (Å²) in [6.45, 7) is 0.343. The van der Waals surface area contributed by atoms with E-state index in [4.69, 9.17) is 5.73 Å². The second-order valence-corrected chi connectivity index (χ2v) is 4.01. The Morgan fingerprint density at radius 2 is 2.11 bits per heavy atom.